The molecular weight excluding hydrogens is 516 g/mol. The number of nitrogens with zero attached hydrogens (tertiary/aromatic N) is 2. The molecule has 4 atom stereocenters. The van der Waals surface area contributed by atoms with Crippen LogP contribution in [0.5, 0.6) is 0 Å². The van der Waals surface area contributed by atoms with Crippen LogP contribution in [0.2, 0.25) is 0 Å². The van der Waals surface area contributed by atoms with Crippen LogP contribution in [0.1, 0.15) is 62.7 Å². The molecule has 2 heterocycles. The van der Waals surface area contributed by atoms with Gasteiger partial charge in [-0.1, -0.05) is 72.8 Å². The summed E-state index contributed by atoms with van der Waals surface area (Å²) in [7, 11) is 0. The molecule has 0 fully saturated rings. The number of rotatable bonds is 10. The minimum Gasteiger partial charge on any atom is -0.378 e. The molecule has 5 heteroatoms. The van der Waals surface area contributed by atoms with E-state index < -0.39 is 0 Å². The number of Topliss-reactive ketones (excluding diaryl/α,β-unsaturated/α-hetero) is 1. The molecule has 2 N–H and O–H groups in total. The summed E-state index contributed by atoms with van der Waals surface area (Å²) in [6, 6.07) is 39.4. The standard InChI is InChI=1S/C37H42N4O/c1-27-25-34(38-29-13-5-3-6-14-29)32-17-9-11-19-36(32)40(27)23-21-31(42)22-24-41-28(2)26-35(33-18-10-12-20-37(33)41)39-30-15-7-4-8-16-30/h3-20,27-28,34-35,38-39H,21-26H2,1-2H3/t27-,28-,34-,35-/m0/s1. The van der Waals surface area contributed by atoms with Gasteiger partial charge in [-0.2, -0.15) is 0 Å². The van der Waals surface area contributed by atoms with Gasteiger partial charge in [0, 0.05) is 60.8 Å². The van der Waals surface area contributed by atoms with Gasteiger partial charge >= 0.3 is 0 Å². The van der Waals surface area contributed by atoms with Crippen LogP contribution in [0.25, 0.3) is 0 Å². The summed E-state index contributed by atoms with van der Waals surface area (Å²) < 4.78 is 0. The number of carbonyl (C=O) groups is 1. The van der Waals surface area contributed by atoms with Crippen LogP contribution in [-0.4, -0.2) is 31.0 Å². The Bertz CT molecular complexity index is 1360. The number of hydrogen-bond acceptors (Lipinski definition) is 5. The van der Waals surface area contributed by atoms with Crippen LogP contribution < -0.4 is 20.4 Å². The number of nitrogens with one attached hydrogen (secondary N) is 2. The molecule has 0 radical (unpaired) electrons. The molecule has 5 nitrogen and oxygen atoms in total. The van der Waals surface area contributed by atoms with Gasteiger partial charge in [0.1, 0.15) is 5.78 Å². The van der Waals surface area contributed by atoms with E-state index >= 15 is 0 Å². The zero-order chi connectivity index (χ0) is 28.9. The van der Waals surface area contributed by atoms with Gasteiger partial charge < -0.3 is 20.4 Å². The van der Waals surface area contributed by atoms with Crippen molar-refractivity contribution in [2.24, 2.45) is 0 Å². The van der Waals surface area contributed by atoms with Gasteiger partial charge in [-0.25, -0.2) is 0 Å². The lowest BCUT2D eigenvalue weighted by Crippen LogP contribution is -2.42. The van der Waals surface area contributed by atoms with Gasteiger partial charge in [-0.15, -0.1) is 0 Å². The highest BCUT2D eigenvalue weighted by molar-refractivity contribution is 5.80. The molecule has 0 aliphatic carbocycles. The van der Waals surface area contributed by atoms with Crippen LogP contribution in [-0.2, 0) is 4.79 Å². The van der Waals surface area contributed by atoms with E-state index in [0.717, 1.165) is 37.3 Å². The third-order valence-corrected chi connectivity index (χ3v) is 8.95. The van der Waals surface area contributed by atoms with Gasteiger partial charge in [-0.3, -0.25) is 4.79 Å². The first-order valence-electron chi connectivity index (χ1n) is 15.4. The fraction of sp³-hybridized carbons (Fsp3) is 0.324. The maximum Gasteiger partial charge on any atom is 0.136 e. The first kappa shape index (κ1) is 27.9. The number of carbonyl (C=O) groups excluding carboxylic acids is 1. The molecule has 2 aliphatic rings. The quantitative estimate of drug-likeness (QED) is 0.205. The van der Waals surface area contributed by atoms with Crippen molar-refractivity contribution >= 4 is 28.5 Å². The molecule has 0 saturated carbocycles. The molecule has 0 amide bonds. The average molecular weight is 559 g/mol. The van der Waals surface area contributed by atoms with Crippen LogP contribution in [0.15, 0.2) is 109 Å². The normalized spacial score (nSPS) is 21.3. The van der Waals surface area contributed by atoms with Crippen LogP contribution >= 0.6 is 0 Å². The molecule has 0 aromatic heterocycles. The lowest BCUT2D eigenvalue weighted by molar-refractivity contribution is -0.118. The molecule has 0 spiro atoms. The summed E-state index contributed by atoms with van der Waals surface area (Å²) in [5.74, 6) is 0.332. The predicted octanol–water partition coefficient (Wildman–Crippen LogP) is 8.24. The van der Waals surface area contributed by atoms with Crippen molar-refractivity contribution in [3.8, 4) is 0 Å². The molecule has 0 unspecified atom stereocenters. The van der Waals surface area contributed by atoms with Crippen LogP contribution in [0.3, 0.4) is 0 Å². The topological polar surface area (TPSA) is 47.6 Å². The zero-order valence-corrected chi connectivity index (χ0v) is 24.7. The Morgan fingerprint density at radius 3 is 1.40 bits per heavy atom. The summed E-state index contributed by atoms with van der Waals surface area (Å²) >= 11 is 0. The van der Waals surface area contributed by atoms with E-state index in [1.807, 2.05) is 12.1 Å². The zero-order valence-electron chi connectivity index (χ0n) is 24.7. The van der Waals surface area contributed by atoms with Gasteiger partial charge in [0.05, 0.1) is 12.1 Å². The largest absolute Gasteiger partial charge is 0.378 e. The molecule has 4 aromatic rings. The fourth-order valence-electron chi connectivity index (χ4n) is 6.79. The molecule has 4 aromatic carbocycles. The van der Waals surface area contributed by atoms with E-state index in [4.69, 9.17) is 0 Å². The second-order valence-corrected chi connectivity index (χ2v) is 11.8. The summed E-state index contributed by atoms with van der Waals surface area (Å²) in [5.41, 5.74) is 7.39. The maximum absolute atomic E-state index is 13.3. The number of anilines is 4. The van der Waals surface area contributed by atoms with Crippen molar-refractivity contribution in [3.63, 3.8) is 0 Å². The highest BCUT2D eigenvalue weighted by Gasteiger charge is 2.32. The van der Waals surface area contributed by atoms with Crippen molar-refractivity contribution < 1.29 is 4.79 Å². The third kappa shape index (κ3) is 6.15. The number of fused-ring (bicyclic) bond motifs is 2. The molecular formula is C37H42N4O. The maximum atomic E-state index is 13.3. The smallest absolute Gasteiger partial charge is 0.136 e. The minimum atomic E-state index is 0.256. The second kappa shape index (κ2) is 12.7. The van der Waals surface area contributed by atoms with E-state index in [1.165, 1.54) is 22.5 Å². The second-order valence-electron chi connectivity index (χ2n) is 11.8. The number of hydrogen-bond donors (Lipinski definition) is 2. The molecule has 6 rings (SSSR count). The first-order valence-corrected chi connectivity index (χ1v) is 15.4. The van der Waals surface area contributed by atoms with Gasteiger partial charge in [0.25, 0.3) is 0 Å². The first-order chi connectivity index (χ1) is 20.6. The van der Waals surface area contributed by atoms with Crippen LogP contribution in [0.4, 0.5) is 22.7 Å². The van der Waals surface area contributed by atoms with Gasteiger partial charge in [0.2, 0.25) is 0 Å². The van der Waals surface area contributed by atoms with Crippen molar-refractivity contribution in [2.45, 2.75) is 63.7 Å². The highest BCUT2D eigenvalue weighted by Crippen LogP contribution is 2.40. The van der Waals surface area contributed by atoms with E-state index in [-0.39, 0.29) is 12.1 Å². The molecule has 216 valence electrons. The lowest BCUT2D eigenvalue weighted by Gasteiger charge is -2.42. The average Bonchev–Trinajstić information content (AvgIpc) is 3.01. The van der Waals surface area contributed by atoms with Crippen molar-refractivity contribution in [2.75, 3.05) is 33.5 Å². The third-order valence-electron chi connectivity index (χ3n) is 8.95. The van der Waals surface area contributed by atoms with Crippen molar-refractivity contribution in [1.82, 2.24) is 0 Å². The summed E-state index contributed by atoms with van der Waals surface area (Å²) in [4.78, 5) is 18.2. The monoisotopic (exact) mass is 558 g/mol. The molecule has 0 bridgehead atoms. The van der Waals surface area contributed by atoms with E-state index in [1.54, 1.807) is 0 Å². The molecule has 0 saturated heterocycles. The Labute approximate surface area is 250 Å². The van der Waals surface area contributed by atoms with Gasteiger partial charge in [0.15, 0.2) is 0 Å². The number of para-hydroxylation sites is 4. The highest BCUT2D eigenvalue weighted by atomic mass is 16.1. The Morgan fingerprint density at radius 2 is 0.976 bits per heavy atom. The molecule has 2 aliphatic heterocycles. The minimum absolute atomic E-state index is 0.256. The van der Waals surface area contributed by atoms with Crippen molar-refractivity contribution in [3.05, 3.63) is 120 Å². The summed E-state index contributed by atoms with van der Waals surface area (Å²) in [6.07, 6.45) is 3.13. The Morgan fingerprint density at radius 1 is 0.595 bits per heavy atom. The lowest BCUT2D eigenvalue weighted by atomic mass is 9.90. The Hall–Kier alpha value is -4.25. The predicted molar refractivity (Wildman–Crippen MR) is 176 cm³/mol. The van der Waals surface area contributed by atoms with E-state index in [0.29, 0.717) is 30.7 Å². The van der Waals surface area contributed by atoms with Crippen LogP contribution in [0, 0.1) is 0 Å². The molecule has 42 heavy (non-hydrogen) atoms. The SMILES string of the molecule is C[C@H]1C[C@H](Nc2ccccc2)c2ccccc2N1CCC(=O)CCN1c2ccccc2[C@@H](Nc2ccccc2)C[C@@H]1C. The number of ketones is 1. The fourth-order valence-corrected chi connectivity index (χ4v) is 6.79. The Balaban J connectivity index is 1.08. The van der Waals surface area contributed by atoms with Crippen molar-refractivity contribution in [1.29, 1.82) is 0 Å². The van der Waals surface area contributed by atoms with Gasteiger partial charge in [-0.05, 0) is 74.2 Å². The Kier molecular flexibility index (Phi) is 8.45. The van der Waals surface area contributed by atoms with E-state index in [9.17, 15) is 4.79 Å². The summed E-state index contributed by atoms with van der Waals surface area (Å²) in [5, 5.41) is 7.47. The number of benzene rings is 4. The van der Waals surface area contributed by atoms with E-state index in [2.05, 4.69) is 131 Å². The summed E-state index contributed by atoms with van der Waals surface area (Å²) in [6.45, 7) is 6.08.